The fourth-order valence-corrected chi connectivity index (χ4v) is 8.61. The van der Waals surface area contributed by atoms with Crippen LogP contribution in [0.4, 0.5) is 0 Å². The van der Waals surface area contributed by atoms with E-state index in [4.69, 9.17) is 4.74 Å². The van der Waals surface area contributed by atoms with Crippen LogP contribution in [0.2, 0.25) is 0 Å². The largest absolute Gasteiger partial charge is 0.483 e. The minimum Gasteiger partial charge on any atom is -0.483 e. The molecule has 1 saturated heterocycles. The first kappa shape index (κ1) is 20.8. The molecule has 166 valence electrons. The van der Waals surface area contributed by atoms with Crippen molar-refractivity contribution in [3.8, 4) is 0 Å². The molecular weight excluding hydrogens is 372 g/mol. The number of carbonyl (C=O) groups is 2. The highest BCUT2D eigenvalue weighted by atomic mass is 16.6. The van der Waals surface area contributed by atoms with E-state index >= 15 is 0 Å². The molecule has 8 unspecified atom stereocenters. The second kappa shape index (κ2) is 6.94. The third-order valence-electron chi connectivity index (χ3n) is 10.5. The van der Waals surface area contributed by atoms with Gasteiger partial charge in [-0.2, -0.15) is 0 Å². The lowest BCUT2D eigenvalue weighted by Gasteiger charge is -2.56. The number of hydrogen-bond donors (Lipinski definition) is 0. The third kappa shape index (κ3) is 2.89. The molecule has 1 aliphatic heterocycles. The molecule has 0 aromatic heterocycles. The zero-order valence-electron chi connectivity index (χ0n) is 19.6. The number of rotatable bonds is 5. The Hall–Kier alpha value is -1.12. The van der Waals surface area contributed by atoms with E-state index in [-0.39, 0.29) is 11.3 Å². The van der Waals surface area contributed by atoms with Gasteiger partial charge in [-0.05, 0) is 78.6 Å². The first-order valence-corrected chi connectivity index (χ1v) is 12.6. The number of epoxide rings is 1. The van der Waals surface area contributed by atoms with Crippen LogP contribution in [0.1, 0.15) is 92.4 Å². The Kier molecular flexibility index (Phi) is 4.80. The van der Waals surface area contributed by atoms with Crippen LogP contribution in [0.15, 0.2) is 11.3 Å². The Bertz CT molecular complexity index is 794. The Morgan fingerprint density at radius 2 is 1.87 bits per heavy atom. The molecule has 5 aliphatic rings. The summed E-state index contributed by atoms with van der Waals surface area (Å²) in [7, 11) is 0. The summed E-state index contributed by atoms with van der Waals surface area (Å²) in [5.74, 6) is 5.64. The van der Waals surface area contributed by atoms with Gasteiger partial charge in [0, 0.05) is 31.1 Å². The Morgan fingerprint density at radius 3 is 2.60 bits per heavy atom. The fraction of sp³-hybridized carbons (Fsp3) is 0.852. The molecule has 8 atom stereocenters. The smallest absolute Gasteiger partial charge is 0.158 e. The fourth-order valence-electron chi connectivity index (χ4n) is 8.61. The molecule has 4 aliphatic carbocycles. The molecule has 0 N–H and O–H groups in total. The summed E-state index contributed by atoms with van der Waals surface area (Å²) in [4.78, 5) is 24.4. The van der Waals surface area contributed by atoms with Gasteiger partial charge in [0.1, 0.15) is 17.3 Å². The summed E-state index contributed by atoms with van der Waals surface area (Å²) in [5.41, 5.74) is 1.95. The average molecular weight is 413 g/mol. The van der Waals surface area contributed by atoms with Gasteiger partial charge in [0.25, 0.3) is 0 Å². The Morgan fingerprint density at radius 1 is 1.10 bits per heavy atom. The van der Waals surface area contributed by atoms with E-state index in [1.807, 2.05) is 13.8 Å². The number of hydrogen-bond acceptors (Lipinski definition) is 3. The van der Waals surface area contributed by atoms with Crippen LogP contribution < -0.4 is 0 Å². The van der Waals surface area contributed by atoms with Crippen molar-refractivity contribution < 1.29 is 14.3 Å². The maximum Gasteiger partial charge on any atom is 0.158 e. The molecule has 5 rings (SSSR count). The van der Waals surface area contributed by atoms with Gasteiger partial charge < -0.3 is 4.74 Å². The molecule has 0 radical (unpaired) electrons. The molecule has 0 amide bonds. The van der Waals surface area contributed by atoms with Gasteiger partial charge in [0.15, 0.2) is 6.10 Å². The highest BCUT2D eigenvalue weighted by molar-refractivity contribution is 5.83. The third-order valence-corrected chi connectivity index (χ3v) is 10.5. The van der Waals surface area contributed by atoms with E-state index in [1.54, 1.807) is 0 Å². The van der Waals surface area contributed by atoms with Crippen LogP contribution in [0.5, 0.6) is 0 Å². The highest BCUT2D eigenvalue weighted by Gasteiger charge is 2.67. The van der Waals surface area contributed by atoms with Crippen molar-refractivity contribution in [2.24, 2.45) is 46.3 Å². The minimum atomic E-state index is 0.163. The van der Waals surface area contributed by atoms with Gasteiger partial charge in [-0.25, -0.2) is 0 Å². The molecule has 0 bridgehead atoms. The molecule has 0 spiro atoms. The summed E-state index contributed by atoms with van der Waals surface area (Å²) in [5, 5.41) is 0. The second-order valence-electron chi connectivity index (χ2n) is 12.2. The van der Waals surface area contributed by atoms with Crippen LogP contribution >= 0.6 is 0 Å². The summed E-state index contributed by atoms with van der Waals surface area (Å²) in [6, 6.07) is 0. The van der Waals surface area contributed by atoms with Gasteiger partial charge >= 0.3 is 0 Å². The van der Waals surface area contributed by atoms with Crippen LogP contribution in [0.25, 0.3) is 0 Å². The molecular formula is C27H40O3. The van der Waals surface area contributed by atoms with E-state index in [9.17, 15) is 9.59 Å². The maximum atomic E-state index is 12.2. The van der Waals surface area contributed by atoms with E-state index in [0.29, 0.717) is 47.3 Å². The Labute approximate surface area is 182 Å². The highest BCUT2D eigenvalue weighted by Crippen LogP contribution is 2.71. The minimum absolute atomic E-state index is 0.163. The standard InChI is InChI=1S/C27H40O3/c1-15(2)22(29)9-6-16(3)18-7-8-19-23-20(11-13-26(18,19)4)27(5)12-10-17(28)14-21(27)24-25(23)30-24/h15-16,18-20,23,25H,6-14H2,1-5H3. The normalized spacial score (nSPS) is 45.3. The summed E-state index contributed by atoms with van der Waals surface area (Å²) >= 11 is 0. The summed E-state index contributed by atoms with van der Waals surface area (Å²) in [6.45, 7) is 11.5. The Balaban J connectivity index is 1.37. The summed E-state index contributed by atoms with van der Waals surface area (Å²) in [6.07, 6.45) is 9.77. The zero-order chi connectivity index (χ0) is 21.4. The van der Waals surface area contributed by atoms with Gasteiger partial charge in [-0.1, -0.05) is 34.6 Å². The molecule has 0 aromatic carbocycles. The van der Waals surface area contributed by atoms with Gasteiger partial charge in [-0.15, -0.1) is 0 Å². The summed E-state index contributed by atoms with van der Waals surface area (Å²) < 4.78 is 6.27. The van der Waals surface area contributed by atoms with Crippen LogP contribution in [-0.2, 0) is 14.3 Å². The number of ether oxygens (including phenoxy) is 1. The molecule has 3 heteroatoms. The van der Waals surface area contributed by atoms with Crippen molar-refractivity contribution in [2.75, 3.05) is 0 Å². The van der Waals surface area contributed by atoms with E-state index in [0.717, 1.165) is 37.5 Å². The number of Topliss-reactive ketones (excluding diaryl/α,β-unsaturated/α-hetero) is 2. The molecule has 4 fully saturated rings. The van der Waals surface area contributed by atoms with Crippen molar-refractivity contribution in [1.82, 2.24) is 0 Å². The molecule has 30 heavy (non-hydrogen) atoms. The number of allylic oxidation sites excluding steroid dienone is 1. The van der Waals surface area contributed by atoms with Crippen LogP contribution in [0.3, 0.4) is 0 Å². The van der Waals surface area contributed by atoms with Crippen LogP contribution in [0, 0.1) is 46.3 Å². The lowest BCUT2D eigenvalue weighted by atomic mass is 9.47. The predicted molar refractivity (Wildman–Crippen MR) is 118 cm³/mol. The lowest BCUT2D eigenvalue weighted by Crippen LogP contribution is -2.52. The van der Waals surface area contributed by atoms with E-state index in [1.165, 1.54) is 37.0 Å². The quantitative estimate of drug-likeness (QED) is 0.512. The first-order chi connectivity index (χ1) is 14.2. The molecule has 3 nitrogen and oxygen atoms in total. The monoisotopic (exact) mass is 412 g/mol. The van der Waals surface area contributed by atoms with Crippen molar-refractivity contribution in [3.05, 3.63) is 11.3 Å². The topological polar surface area (TPSA) is 46.7 Å². The van der Waals surface area contributed by atoms with Gasteiger partial charge in [-0.3, -0.25) is 9.59 Å². The van der Waals surface area contributed by atoms with Crippen molar-refractivity contribution in [2.45, 2.75) is 98.5 Å². The van der Waals surface area contributed by atoms with Crippen LogP contribution in [-0.4, -0.2) is 17.7 Å². The molecule has 3 saturated carbocycles. The van der Waals surface area contributed by atoms with Gasteiger partial charge in [0.2, 0.25) is 0 Å². The van der Waals surface area contributed by atoms with Crippen molar-refractivity contribution in [1.29, 1.82) is 0 Å². The van der Waals surface area contributed by atoms with E-state index < -0.39 is 0 Å². The lowest BCUT2D eigenvalue weighted by molar-refractivity contribution is -0.122. The maximum absolute atomic E-state index is 12.2. The number of fused-ring (bicyclic) bond motifs is 7. The second-order valence-corrected chi connectivity index (χ2v) is 12.2. The number of carbonyl (C=O) groups excluding carboxylic acids is 2. The van der Waals surface area contributed by atoms with Crippen molar-refractivity contribution >= 4 is 11.6 Å². The predicted octanol–water partition coefficient (Wildman–Crippen LogP) is 6.11. The van der Waals surface area contributed by atoms with E-state index in [2.05, 4.69) is 20.8 Å². The molecule has 1 heterocycles. The first-order valence-electron chi connectivity index (χ1n) is 12.6. The SMILES string of the molecule is CC(C)C(=O)CCC(C)C1CCC2C3C4OC4=C4CC(=O)CCC4(C)C3CCC12C. The average Bonchev–Trinajstić information content (AvgIpc) is 3.41. The zero-order valence-corrected chi connectivity index (χ0v) is 19.6. The van der Waals surface area contributed by atoms with Crippen molar-refractivity contribution in [3.63, 3.8) is 0 Å². The number of ketones is 2. The molecule has 0 aromatic rings. The van der Waals surface area contributed by atoms with Gasteiger partial charge in [0.05, 0.1) is 0 Å².